The highest BCUT2D eigenvalue weighted by Gasteiger charge is 2.31. The van der Waals surface area contributed by atoms with Crippen LogP contribution in [0.4, 0.5) is 0 Å². The molecule has 0 spiro atoms. The first-order chi connectivity index (χ1) is 13.4. The van der Waals surface area contributed by atoms with Crippen LogP contribution < -0.4 is 0 Å². The summed E-state index contributed by atoms with van der Waals surface area (Å²) in [5.74, 6) is -1.39. The number of rotatable bonds is 5. The number of carbonyl (C=O) groups is 2. The van der Waals surface area contributed by atoms with Gasteiger partial charge in [0.2, 0.25) is 5.91 Å². The van der Waals surface area contributed by atoms with Gasteiger partial charge in [0, 0.05) is 23.9 Å². The highest BCUT2D eigenvalue weighted by molar-refractivity contribution is 5.94. The third kappa shape index (κ3) is 4.31. The molecule has 0 bridgehead atoms. The van der Waals surface area contributed by atoms with Crippen LogP contribution in [0.3, 0.4) is 0 Å². The van der Waals surface area contributed by atoms with Crippen molar-refractivity contribution in [3.8, 4) is 0 Å². The van der Waals surface area contributed by atoms with Crippen LogP contribution in [0.15, 0.2) is 30.3 Å². The molecule has 7 nitrogen and oxygen atoms in total. The topological polar surface area (TPSA) is 84.7 Å². The first kappa shape index (κ1) is 19.8. The summed E-state index contributed by atoms with van der Waals surface area (Å²) in [7, 11) is 0. The Kier molecular flexibility index (Phi) is 5.94. The predicted octanol–water partition coefficient (Wildman–Crippen LogP) is 2.18. The van der Waals surface area contributed by atoms with Crippen molar-refractivity contribution >= 4 is 18.0 Å². The minimum atomic E-state index is -1.06. The van der Waals surface area contributed by atoms with Gasteiger partial charge in [0.05, 0.1) is 25.5 Å². The van der Waals surface area contributed by atoms with Crippen LogP contribution in [0.1, 0.15) is 28.1 Å². The Morgan fingerprint density at radius 1 is 1.25 bits per heavy atom. The maximum Gasteiger partial charge on any atom is 0.328 e. The zero-order valence-corrected chi connectivity index (χ0v) is 16.4. The van der Waals surface area contributed by atoms with Gasteiger partial charge in [-0.15, -0.1) is 0 Å². The van der Waals surface area contributed by atoms with E-state index in [4.69, 9.17) is 4.74 Å². The average molecular weight is 383 g/mol. The molecule has 3 rings (SSSR count). The number of hydrogen-bond donors (Lipinski definition) is 1. The molecule has 1 unspecified atom stereocenters. The quantitative estimate of drug-likeness (QED) is 0.800. The smallest absolute Gasteiger partial charge is 0.328 e. The van der Waals surface area contributed by atoms with Gasteiger partial charge in [-0.05, 0) is 32.4 Å². The number of benzene rings is 1. The van der Waals surface area contributed by atoms with Crippen molar-refractivity contribution in [1.82, 2.24) is 14.7 Å². The number of nitrogens with zero attached hydrogens (tertiary/aromatic N) is 3. The van der Waals surface area contributed by atoms with Gasteiger partial charge in [-0.2, -0.15) is 5.10 Å². The molecule has 0 aliphatic carbocycles. The number of carboxylic acids is 1. The first-order valence-electron chi connectivity index (χ1n) is 9.25. The summed E-state index contributed by atoms with van der Waals surface area (Å²) >= 11 is 0. The lowest BCUT2D eigenvalue weighted by Crippen LogP contribution is -2.52. The Morgan fingerprint density at radius 3 is 2.64 bits per heavy atom. The SMILES string of the molecule is Cc1ccc(Cn2nc(C)c(/C=C/C(=O)N3CCOCC3C(=O)O)c2C)cc1. The molecule has 148 valence electrons. The predicted molar refractivity (Wildman–Crippen MR) is 105 cm³/mol. The van der Waals surface area contributed by atoms with Crippen molar-refractivity contribution < 1.29 is 19.4 Å². The highest BCUT2D eigenvalue weighted by Crippen LogP contribution is 2.17. The Morgan fingerprint density at radius 2 is 1.96 bits per heavy atom. The standard InChI is InChI=1S/C21H25N3O4/c1-14-4-6-17(7-5-14)12-24-16(3)18(15(2)22-24)8-9-20(25)23-10-11-28-13-19(23)21(26)27/h4-9,19H,10-13H2,1-3H3,(H,26,27)/b9-8+. The summed E-state index contributed by atoms with van der Waals surface area (Å²) in [4.78, 5) is 25.2. The molecule has 1 saturated heterocycles. The molecular weight excluding hydrogens is 358 g/mol. The molecule has 1 amide bonds. The van der Waals surface area contributed by atoms with Crippen molar-refractivity contribution in [2.24, 2.45) is 0 Å². The van der Waals surface area contributed by atoms with E-state index in [0.29, 0.717) is 13.2 Å². The third-order valence-electron chi connectivity index (χ3n) is 4.98. The molecule has 2 heterocycles. The van der Waals surface area contributed by atoms with E-state index in [1.54, 1.807) is 6.08 Å². The molecule has 0 saturated carbocycles. The van der Waals surface area contributed by atoms with E-state index in [2.05, 4.69) is 36.3 Å². The van der Waals surface area contributed by atoms with Gasteiger partial charge in [-0.1, -0.05) is 29.8 Å². The molecule has 2 aromatic rings. The van der Waals surface area contributed by atoms with Crippen LogP contribution >= 0.6 is 0 Å². The Hall–Kier alpha value is -2.93. The van der Waals surface area contributed by atoms with E-state index < -0.39 is 12.0 Å². The fraction of sp³-hybridized carbons (Fsp3) is 0.381. The van der Waals surface area contributed by atoms with Gasteiger partial charge in [-0.3, -0.25) is 9.48 Å². The Bertz CT molecular complexity index is 899. The zero-order valence-electron chi connectivity index (χ0n) is 16.4. The maximum atomic E-state index is 12.5. The van der Waals surface area contributed by atoms with Gasteiger partial charge in [0.25, 0.3) is 0 Å². The molecule has 0 radical (unpaired) electrons. The van der Waals surface area contributed by atoms with Gasteiger partial charge in [-0.25, -0.2) is 4.79 Å². The largest absolute Gasteiger partial charge is 0.480 e. The summed E-state index contributed by atoms with van der Waals surface area (Å²) in [6.45, 7) is 7.20. The lowest BCUT2D eigenvalue weighted by Gasteiger charge is -2.31. The molecule has 28 heavy (non-hydrogen) atoms. The minimum Gasteiger partial charge on any atom is -0.480 e. The Balaban J connectivity index is 1.76. The molecule has 1 N–H and O–H groups in total. The van der Waals surface area contributed by atoms with Crippen molar-refractivity contribution in [3.05, 3.63) is 58.4 Å². The highest BCUT2D eigenvalue weighted by atomic mass is 16.5. The number of aliphatic carboxylic acids is 1. The first-order valence-corrected chi connectivity index (χ1v) is 9.25. The summed E-state index contributed by atoms with van der Waals surface area (Å²) < 4.78 is 7.10. The molecule has 1 fully saturated rings. The molecule has 1 aliphatic heterocycles. The van der Waals surface area contributed by atoms with Crippen LogP contribution in [-0.4, -0.2) is 57.5 Å². The summed E-state index contributed by atoms with van der Waals surface area (Å²) in [6, 6.07) is 7.35. The molecular formula is C21H25N3O4. The van der Waals surface area contributed by atoms with E-state index in [1.807, 2.05) is 18.5 Å². The van der Waals surface area contributed by atoms with Gasteiger partial charge in [0.15, 0.2) is 6.04 Å². The van der Waals surface area contributed by atoms with Crippen molar-refractivity contribution in [2.75, 3.05) is 19.8 Å². The average Bonchev–Trinajstić information content (AvgIpc) is 2.94. The second-order valence-corrected chi connectivity index (χ2v) is 7.02. The third-order valence-corrected chi connectivity index (χ3v) is 4.98. The van der Waals surface area contributed by atoms with Crippen molar-refractivity contribution in [2.45, 2.75) is 33.4 Å². The molecule has 1 aromatic carbocycles. The van der Waals surface area contributed by atoms with Crippen LogP contribution in [0.25, 0.3) is 6.08 Å². The number of aromatic nitrogens is 2. The summed E-state index contributed by atoms with van der Waals surface area (Å²) in [6.07, 6.45) is 3.15. The van der Waals surface area contributed by atoms with Crippen LogP contribution in [0.2, 0.25) is 0 Å². The lowest BCUT2D eigenvalue weighted by molar-refractivity contribution is -0.156. The van der Waals surface area contributed by atoms with Gasteiger partial charge in [0.1, 0.15) is 0 Å². The Labute approximate surface area is 164 Å². The lowest BCUT2D eigenvalue weighted by atomic mass is 10.1. The number of amides is 1. The number of morpholine rings is 1. The summed E-state index contributed by atoms with van der Waals surface area (Å²) in [5.41, 5.74) is 5.02. The van der Waals surface area contributed by atoms with Crippen molar-refractivity contribution in [1.29, 1.82) is 0 Å². The zero-order chi connectivity index (χ0) is 20.3. The fourth-order valence-corrected chi connectivity index (χ4v) is 3.29. The maximum absolute atomic E-state index is 12.5. The van der Waals surface area contributed by atoms with E-state index in [0.717, 1.165) is 22.5 Å². The van der Waals surface area contributed by atoms with Crippen LogP contribution in [0, 0.1) is 20.8 Å². The molecule has 1 atom stereocenters. The number of carboxylic acid groups (broad SMARTS) is 1. The molecule has 1 aliphatic rings. The van der Waals surface area contributed by atoms with Crippen molar-refractivity contribution in [3.63, 3.8) is 0 Å². The number of hydrogen-bond acceptors (Lipinski definition) is 4. The van der Waals surface area contributed by atoms with E-state index in [1.165, 1.54) is 16.5 Å². The normalized spacial score (nSPS) is 17.2. The van der Waals surface area contributed by atoms with E-state index in [-0.39, 0.29) is 19.1 Å². The number of carbonyl (C=O) groups excluding carboxylic acids is 1. The minimum absolute atomic E-state index is 0.0153. The van der Waals surface area contributed by atoms with E-state index in [9.17, 15) is 14.7 Å². The number of aryl methyl sites for hydroxylation is 2. The van der Waals surface area contributed by atoms with E-state index >= 15 is 0 Å². The van der Waals surface area contributed by atoms with Crippen LogP contribution in [0.5, 0.6) is 0 Å². The van der Waals surface area contributed by atoms with Crippen LogP contribution in [-0.2, 0) is 20.9 Å². The molecule has 7 heteroatoms. The second-order valence-electron chi connectivity index (χ2n) is 7.02. The monoisotopic (exact) mass is 383 g/mol. The second kappa shape index (κ2) is 8.39. The molecule has 1 aromatic heterocycles. The summed E-state index contributed by atoms with van der Waals surface area (Å²) in [5, 5.41) is 13.9. The van der Waals surface area contributed by atoms with Gasteiger partial charge < -0.3 is 14.7 Å². The van der Waals surface area contributed by atoms with Gasteiger partial charge >= 0.3 is 5.97 Å². The number of ether oxygens (including phenoxy) is 1. The fourth-order valence-electron chi connectivity index (χ4n) is 3.29.